The maximum Gasteiger partial charge on any atom is 0.365 e. The van der Waals surface area contributed by atoms with Crippen LogP contribution >= 0.6 is 34.3 Å². The van der Waals surface area contributed by atoms with Gasteiger partial charge in [0.05, 0.1) is 37.8 Å². The summed E-state index contributed by atoms with van der Waals surface area (Å²) in [6.45, 7) is 0. The van der Waals surface area contributed by atoms with Crippen molar-refractivity contribution >= 4 is 66.2 Å². The molecule has 14 heteroatoms. The van der Waals surface area contributed by atoms with E-state index in [4.69, 9.17) is 35.7 Å². The number of thiazole rings is 2. The van der Waals surface area contributed by atoms with Gasteiger partial charge in [0, 0.05) is 12.1 Å². The molecule has 11 nitrogen and oxygen atoms in total. The zero-order valence-corrected chi connectivity index (χ0v) is 19.4. The molecule has 0 amide bonds. The van der Waals surface area contributed by atoms with Crippen molar-refractivity contribution in [3.63, 3.8) is 0 Å². The van der Waals surface area contributed by atoms with Crippen LogP contribution in [0.15, 0.2) is 12.1 Å². The third-order valence-electron chi connectivity index (χ3n) is 3.81. The van der Waals surface area contributed by atoms with E-state index in [-0.39, 0.29) is 15.9 Å². The number of fused-ring (bicyclic) bond motifs is 2. The SMILES string of the molecule is COc1cc2sc(C(=O)Cl)nc2nc1OC.COc1cc2sc(C(=O)O)nc2nc1OC. The minimum Gasteiger partial charge on any atom is -0.491 e. The van der Waals surface area contributed by atoms with Crippen molar-refractivity contribution in [1.29, 1.82) is 0 Å². The number of carbonyl (C=O) groups is 2. The van der Waals surface area contributed by atoms with Gasteiger partial charge in [0.15, 0.2) is 27.8 Å². The average Bonchev–Trinajstić information content (AvgIpc) is 3.40. The molecule has 4 aromatic heterocycles. The molecule has 168 valence electrons. The van der Waals surface area contributed by atoms with E-state index < -0.39 is 11.2 Å². The molecular formula is C18H15ClN4O7S2. The summed E-state index contributed by atoms with van der Waals surface area (Å²) in [6, 6.07) is 3.37. The molecule has 0 saturated heterocycles. The maximum atomic E-state index is 10.9. The van der Waals surface area contributed by atoms with Crippen molar-refractivity contribution in [3.05, 3.63) is 22.1 Å². The number of hydrogen-bond acceptors (Lipinski definition) is 12. The fourth-order valence-electron chi connectivity index (χ4n) is 2.42. The summed E-state index contributed by atoms with van der Waals surface area (Å²) in [5.41, 5.74) is 0.770. The fraction of sp³-hybridized carbons (Fsp3) is 0.222. The second-order valence-electron chi connectivity index (χ2n) is 5.66. The number of hydrogen-bond donors (Lipinski definition) is 1. The van der Waals surface area contributed by atoms with E-state index in [0.717, 1.165) is 27.4 Å². The molecule has 0 bridgehead atoms. The van der Waals surface area contributed by atoms with Gasteiger partial charge in [0.2, 0.25) is 5.01 Å². The molecule has 0 fully saturated rings. The van der Waals surface area contributed by atoms with Gasteiger partial charge >= 0.3 is 5.97 Å². The van der Waals surface area contributed by atoms with E-state index in [1.807, 2.05) is 0 Å². The highest BCUT2D eigenvalue weighted by Crippen LogP contribution is 2.32. The predicted octanol–water partition coefficient (Wildman–Crippen LogP) is 3.49. The minimum absolute atomic E-state index is 0.00203. The molecular weight excluding hydrogens is 484 g/mol. The first-order chi connectivity index (χ1) is 15.3. The number of halogens is 1. The summed E-state index contributed by atoms with van der Waals surface area (Å²) in [5.74, 6) is 0.495. The van der Waals surface area contributed by atoms with E-state index in [2.05, 4.69) is 19.9 Å². The van der Waals surface area contributed by atoms with E-state index in [9.17, 15) is 9.59 Å². The van der Waals surface area contributed by atoms with Crippen LogP contribution in [0.3, 0.4) is 0 Å². The van der Waals surface area contributed by atoms with Gasteiger partial charge in [-0.2, -0.15) is 9.97 Å². The lowest BCUT2D eigenvalue weighted by Gasteiger charge is -2.04. The highest BCUT2D eigenvalue weighted by atomic mass is 35.5. The molecule has 0 aliphatic carbocycles. The number of rotatable bonds is 6. The van der Waals surface area contributed by atoms with Gasteiger partial charge in [-0.1, -0.05) is 0 Å². The lowest BCUT2D eigenvalue weighted by molar-refractivity contribution is 0.0696. The van der Waals surface area contributed by atoms with Crippen molar-refractivity contribution in [2.75, 3.05) is 28.4 Å². The van der Waals surface area contributed by atoms with Crippen LogP contribution in [-0.2, 0) is 0 Å². The fourth-order valence-corrected chi connectivity index (χ4v) is 4.12. The molecule has 4 heterocycles. The Kier molecular flexibility index (Phi) is 7.22. The zero-order chi connectivity index (χ0) is 23.4. The van der Waals surface area contributed by atoms with Crippen LogP contribution in [0.1, 0.15) is 19.6 Å². The Morgan fingerprint density at radius 3 is 1.59 bits per heavy atom. The monoisotopic (exact) mass is 498 g/mol. The number of carboxylic acids is 1. The molecule has 32 heavy (non-hydrogen) atoms. The molecule has 0 spiro atoms. The Morgan fingerprint density at radius 2 is 1.22 bits per heavy atom. The van der Waals surface area contributed by atoms with Gasteiger partial charge in [-0.3, -0.25) is 4.79 Å². The van der Waals surface area contributed by atoms with E-state index in [1.165, 1.54) is 28.4 Å². The van der Waals surface area contributed by atoms with Crippen LogP contribution < -0.4 is 18.9 Å². The summed E-state index contributed by atoms with van der Waals surface area (Å²) in [5, 5.41) is 8.41. The number of pyridine rings is 2. The van der Waals surface area contributed by atoms with Crippen molar-refractivity contribution in [3.8, 4) is 23.3 Å². The van der Waals surface area contributed by atoms with Crippen LogP contribution in [0.2, 0.25) is 0 Å². The van der Waals surface area contributed by atoms with Crippen LogP contribution in [-0.4, -0.2) is 64.7 Å². The average molecular weight is 499 g/mol. The van der Waals surface area contributed by atoms with Gasteiger partial charge in [-0.15, -0.1) is 22.7 Å². The summed E-state index contributed by atoms with van der Waals surface area (Å²) in [7, 11) is 5.95. The Morgan fingerprint density at radius 1 is 0.781 bits per heavy atom. The first kappa shape index (κ1) is 23.4. The van der Waals surface area contributed by atoms with E-state index >= 15 is 0 Å². The largest absolute Gasteiger partial charge is 0.491 e. The zero-order valence-electron chi connectivity index (χ0n) is 17.0. The normalized spacial score (nSPS) is 10.4. The van der Waals surface area contributed by atoms with Crippen molar-refractivity contribution in [2.45, 2.75) is 0 Å². The van der Waals surface area contributed by atoms with Crippen LogP contribution in [0.4, 0.5) is 0 Å². The lowest BCUT2D eigenvalue weighted by Crippen LogP contribution is -1.95. The third-order valence-corrected chi connectivity index (χ3v) is 6.07. The first-order valence-electron chi connectivity index (χ1n) is 8.53. The van der Waals surface area contributed by atoms with E-state index in [0.29, 0.717) is 33.4 Å². The third kappa shape index (κ3) is 4.79. The van der Waals surface area contributed by atoms with Gasteiger partial charge < -0.3 is 24.1 Å². The number of nitrogens with zero attached hydrogens (tertiary/aromatic N) is 4. The Balaban J connectivity index is 0.000000181. The van der Waals surface area contributed by atoms with Gasteiger partial charge in [-0.05, 0) is 11.6 Å². The summed E-state index contributed by atoms with van der Waals surface area (Å²) < 4.78 is 21.5. The molecule has 1 N–H and O–H groups in total. The first-order valence-corrected chi connectivity index (χ1v) is 10.5. The summed E-state index contributed by atoms with van der Waals surface area (Å²) in [4.78, 5) is 37.7. The predicted molar refractivity (Wildman–Crippen MR) is 118 cm³/mol. The van der Waals surface area contributed by atoms with Crippen molar-refractivity contribution < 1.29 is 33.6 Å². The summed E-state index contributed by atoms with van der Waals surface area (Å²) >= 11 is 7.55. The van der Waals surface area contributed by atoms with Crippen LogP contribution in [0.25, 0.3) is 20.7 Å². The maximum absolute atomic E-state index is 10.9. The quantitative estimate of drug-likeness (QED) is 0.390. The smallest absolute Gasteiger partial charge is 0.365 e. The number of aromatic carboxylic acids is 1. The van der Waals surface area contributed by atoms with Crippen LogP contribution in [0, 0.1) is 0 Å². The topological polar surface area (TPSA) is 143 Å². The Bertz CT molecular complexity index is 1130. The molecule has 4 aromatic rings. The molecule has 0 aromatic carbocycles. The van der Waals surface area contributed by atoms with E-state index in [1.54, 1.807) is 12.1 Å². The number of methoxy groups -OCH3 is 4. The molecule has 0 aliphatic rings. The number of carboxylic acid groups (broad SMARTS) is 1. The number of carbonyl (C=O) groups excluding carboxylic acids is 1. The van der Waals surface area contributed by atoms with Crippen molar-refractivity contribution in [2.24, 2.45) is 0 Å². The van der Waals surface area contributed by atoms with Gasteiger partial charge in [0.25, 0.3) is 17.0 Å². The molecule has 0 atom stereocenters. The number of aromatic nitrogens is 4. The van der Waals surface area contributed by atoms with Gasteiger partial charge in [0.1, 0.15) is 0 Å². The Labute approximate surface area is 193 Å². The van der Waals surface area contributed by atoms with Crippen molar-refractivity contribution in [1.82, 2.24) is 19.9 Å². The standard InChI is InChI=1S/C9H7ClN2O3S.C9H8N2O4S/c1-14-4-3-5-7(11-8(4)15-2)12-9(16-5)6(10)13;1-14-4-3-5-6(10-7(4)15-2)11-8(16-5)9(12)13/h3H,1-2H3;3H,1-2H3,(H,12,13). The highest BCUT2D eigenvalue weighted by Gasteiger charge is 2.16. The summed E-state index contributed by atoms with van der Waals surface area (Å²) in [6.07, 6.45) is 0. The molecule has 0 saturated carbocycles. The highest BCUT2D eigenvalue weighted by molar-refractivity contribution is 7.21. The van der Waals surface area contributed by atoms with Gasteiger partial charge in [-0.25, -0.2) is 14.8 Å². The lowest BCUT2D eigenvalue weighted by atomic mass is 10.4. The molecule has 0 unspecified atom stereocenters. The Hall–Kier alpha value is -3.29. The molecule has 0 aliphatic heterocycles. The second-order valence-corrected chi connectivity index (χ2v) is 8.06. The minimum atomic E-state index is -1.07. The van der Waals surface area contributed by atoms with Crippen LogP contribution in [0.5, 0.6) is 23.3 Å². The number of ether oxygens (including phenoxy) is 4. The molecule has 4 rings (SSSR count). The second kappa shape index (κ2) is 9.89. The molecule has 0 radical (unpaired) electrons.